The summed E-state index contributed by atoms with van der Waals surface area (Å²) in [5.74, 6) is 0.619. The van der Waals surface area contributed by atoms with E-state index in [9.17, 15) is 4.79 Å². The number of rotatable bonds is 7. The summed E-state index contributed by atoms with van der Waals surface area (Å²) in [5, 5.41) is 6.35. The Kier molecular flexibility index (Phi) is 7.43. The monoisotopic (exact) mass is 339 g/mol. The molecule has 1 heterocycles. The number of carbonyl (C=O) groups excluding carboxylic acids is 1. The second-order valence-electron chi connectivity index (χ2n) is 5.79. The Hall–Kier alpha value is -2.89. The number of aromatic nitrogens is 1. The van der Waals surface area contributed by atoms with Gasteiger partial charge in [0.2, 0.25) is 5.91 Å². The number of benzene rings is 1. The predicted molar refractivity (Wildman–Crippen MR) is 100 cm³/mol. The van der Waals surface area contributed by atoms with Crippen LogP contribution in [0, 0.1) is 0 Å². The average Bonchev–Trinajstić information content (AvgIpc) is 2.64. The fraction of sp³-hybridized carbons (Fsp3) is 0.316. The standard InChI is InChI=1S/C19H25N5O/c1-24(2)18(25)15-23-19(22-14-16-8-4-3-5-9-16)21-13-11-17-10-6-7-12-20-17/h3-10,12H,11,13-15H2,1-2H3,(H2,21,22,23). The maximum Gasteiger partial charge on any atom is 0.241 e. The van der Waals surface area contributed by atoms with Gasteiger partial charge in [-0.1, -0.05) is 36.4 Å². The predicted octanol–water partition coefficient (Wildman–Crippen LogP) is 1.45. The molecule has 6 nitrogen and oxygen atoms in total. The second kappa shape index (κ2) is 10.1. The summed E-state index contributed by atoms with van der Waals surface area (Å²) >= 11 is 0. The van der Waals surface area contributed by atoms with Gasteiger partial charge >= 0.3 is 0 Å². The molecule has 0 fully saturated rings. The molecule has 0 atom stereocenters. The minimum atomic E-state index is -0.000984. The molecule has 0 bridgehead atoms. The van der Waals surface area contributed by atoms with E-state index in [1.807, 2.05) is 48.5 Å². The fourth-order valence-corrected chi connectivity index (χ4v) is 2.10. The topological polar surface area (TPSA) is 69.6 Å². The molecule has 2 N–H and O–H groups in total. The van der Waals surface area contributed by atoms with Gasteiger partial charge in [0.25, 0.3) is 0 Å². The summed E-state index contributed by atoms with van der Waals surface area (Å²) in [7, 11) is 3.47. The first-order chi connectivity index (χ1) is 12.1. The van der Waals surface area contributed by atoms with Crippen molar-refractivity contribution in [2.75, 3.05) is 27.2 Å². The summed E-state index contributed by atoms with van der Waals surface area (Å²) < 4.78 is 0. The van der Waals surface area contributed by atoms with Crippen molar-refractivity contribution in [3.63, 3.8) is 0 Å². The minimum Gasteiger partial charge on any atom is -0.356 e. The Bertz CT molecular complexity index is 671. The molecule has 0 aliphatic carbocycles. The van der Waals surface area contributed by atoms with Crippen LogP contribution in [-0.2, 0) is 17.8 Å². The Balaban J connectivity index is 1.91. The molecular weight excluding hydrogens is 314 g/mol. The third kappa shape index (κ3) is 7.03. The van der Waals surface area contributed by atoms with E-state index in [0.717, 1.165) is 17.7 Å². The molecule has 2 rings (SSSR count). The zero-order valence-corrected chi connectivity index (χ0v) is 14.8. The lowest BCUT2D eigenvalue weighted by atomic mass is 10.2. The third-order valence-electron chi connectivity index (χ3n) is 3.57. The van der Waals surface area contributed by atoms with E-state index in [0.29, 0.717) is 19.0 Å². The van der Waals surface area contributed by atoms with Crippen molar-refractivity contribution in [2.45, 2.75) is 13.0 Å². The quantitative estimate of drug-likeness (QED) is 0.592. The molecule has 0 aliphatic rings. The minimum absolute atomic E-state index is 0.000984. The van der Waals surface area contributed by atoms with Crippen molar-refractivity contribution in [3.8, 4) is 0 Å². The van der Waals surface area contributed by atoms with E-state index in [4.69, 9.17) is 0 Å². The van der Waals surface area contributed by atoms with E-state index >= 15 is 0 Å². The van der Waals surface area contributed by atoms with Crippen molar-refractivity contribution in [1.29, 1.82) is 0 Å². The molecule has 1 aromatic heterocycles. The maximum absolute atomic E-state index is 11.8. The van der Waals surface area contributed by atoms with Gasteiger partial charge in [-0.15, -0.1) is 0 Å². The fourth-order valence-electron chi connectivity index (χ4n) is 2.10. The van der Waals surface area contributed by atoms with Gasteiger partial charge in [-0.25, -0.2) is 4.99 Å². The van der Waals surface area contributed by atoms with Crippen LogP contribution in [-0.4, -0.2) is 48.9 Å². The molecule has 6 heteroatoms. The molecule has 0 radical (unpaired) electrons. The highest BCUT2D eigenvalue weighted by atomic mass is 16.2. The zero-order chi connectivity index (χ0) is 17.9. The molecule has 1 amide bonds. The Morgan fingerprint density at radius 3 is 2.52 bits per heavy atom. The van der Waals surface area contributed by atoms with Gasteiger partial charge in [-0.3, -0.25) is 9.78 Å². The summed E-state index contributed by atoms with van der Waals surface area (Å²) in [5.41, 5.74) is 2.13. The van der Waals surface area contributed by atoms with E-state index in [1.54, 1.807) is 25.2 Å². The Morgan fingerprint density at radius 1 is 1.08 bits per heavy atom. The molecule has 2 aromatic rings. The summed E-state index contributed by atoms with van der Waals surface area (Å²) in [6, 6.07) is 15.9. The number of nitrogens with zero attached hydrogens (tertiary/aromatic N) is 3. The largest absolute Gasteiger partial charge is 0.356 e. The molecule has 25 heavy (non-hydrogen) atoms. The lowest BCUT2D eigenvalue weighted by Gasteiger charge is -2.15. The highest BCUT2D eigenvalue weighted by molar-refractivity contribution is 5.86. The van der Waals surface area contributed by atoms with E-state index in [-0.39, 0.29) is 12.5 Å². The van der Waals surface area contributed by atoms with Crippen LogP contribution in [0.25, 0.3) is 0 Å². The van der Waals surface area contributed by atoms with Crippen LogP contribution < -0.4 is 10.6 Å². The van der Waals surface area contributed by atoms with E-state index in [1.165, 1.54) is 0 Å². The van der Waals surface area contributed by atoms with Crippen molar-refractivity contribution in [3.05, 3.63) is 66.0 Å². The normalized spacial score (nSPS) is 11.0. The van der Waals surface area contributed by atoms with Gasteiger partial charge < -0.3 is 15.5 Å². The average molecular weight is 339 g/mol. The van der Waals surface area contributed by atoms with Crippen LogP contribution >= 0.6 is 0 Å². The van der Waals surface area contributed by atoms with E-state index < -0.39 is 0 Å². The molecule has 0 saturated carbocycles. The smallest absolute Gasteiger partial charge is 0.241 e. The second-order valence-corrected chi connectivity index (χ2v) is 5.79. The summed E-state index contributed by atoms with van der Waals surface area (Å²) in [6.45, 7) is 1.45. The Morgan fingerprint density at radius 2 is 1.84 bits per heavy atom. The number of hydrogen-bond acceptors (Lipinski definition) is 3. The first-order valence-corrected chi connectivity index (χ1v) is 8.31. The van der Waals surface area contributed by atoms with Crippen LogP contribution in [0.5, 0.6) is 0 Å². The molecule has 132 valence electrons. The van der Waals surface area contributed by atoms with Crippen LogP contribution in [0.15, 0.2) is 59.7 Å². The number of nitrogens with one attached hydrogen (secondary N) is 2. The van der Waals surface area contributed by atoms with Crippen molar-refractivity contribution >= 4 is 11.9 Å². The van der Waals surface area contributed by atoms with Gasteiger partial charge in [0.05, 0.1) is 13.1 Å². The number of hydrogen-bond donors (Lipinski definition) is 2. The third-order valence-corrected chi connectivity index (χ3v) is 3.57. The van der Waals surface area contributed by atoms with Gasteiger partial charge in [0, 0.05) is 39.0 Å². The molecule has 0 unspecified atom stereocenters. The number of aliphatic imine (C=N–C) groups is 1. The maximum atomic E-state index is 11.8. The highest BCUT2D eigenvalue weighted by Crippen LogP contribution is 2.00. The Labute approximate surface area is 149 Å². The number of amides is 1. The lowest BCUT2D eigenvalue weighted by Crippen LogP contribution is -2.43. The summed E-state index contributed by atoms with van der Waals surface area (Å²) in [6.07, 6.45) is 2.57. The SMILES string of the molecule is CN(C)C(=O)CNC(=NCc1ccccc1)NCCc1ccccn1. The van der Waals surface area contributed by atoms with Gasteiger partial charge in [0.1, 0.15) is 0 Å². The highest BCUT2D eigenvalue weighted by Gasteiger charge is 2.06. The van der Waals surface area contributed by atoms with Crippen molar-refractivity contribution in [1.82, 2.24) is 20.5 Å². The summed E-state index contributed by atoms with van der Waals surface area (Å²) in [4.78, 5) is 22.2. The molecule has 0 aliphatic heterocycles. The van der Waals surface area contributed by atoms with Crippen molar-refractivity contribution in [2.24, 2.45) is 4.99 Å². The molecular formula is C19H25N5O. The number of likely N-dealkylation sites (N-methyl/N-ethyl adjacent to an activating group) is 1. The number of carbonyl (C=O) groups is 1. The zero-order valence-electron chi connectivity index (χ0n) is 14.8. The molecule has 1 aromatic carbocycles. The van der Waals surface area contributed by atoms with Crippen LogP contribution in [0.2, 0.25) is 0 Å². The number of pyridine rings is 1. The molecule has 0 saturated heterocycles. The molecule has 0 spiro atoms. The van der Waals surface area contributed by atoms with Crippen LogP contribution in [0.1, 0.15) is 11.3 Å². The first-order valence-electron chi connectivity index (χ1n) is 8.31. The van der Waals surface area contributed by atoms with Crippen LogP contribution in [0.4, 0.5) is 0 Å². The van der Waals surface area contributed by atoms with Gasteiger partial charge in [0.15, 0.2) is 5.96 Å². The lowest BCUT2D eigenvalue weighted by molar-refractivity contribution is -0.127. The van der Waals surface area contributed by atoms with Gasteiger partial charge in [-0.05, 0) is 17.7 Å². The van der Waals surface area contributed by atoms with Crippen molar-refractivity contribution < 1.29 is 4.79 Å². The number of guanidine groups is 1. The van der Waals surface area contributed by atoms with E-state index in [2.05, 4.69) is 20.6 Å². The first kappa shape index (κ1) is 18.4. The van der Waals surface area contributed by atoms with Gasteiger partial charge in [-0.2, -0.15) is 0 Å². The van der Waals surface area contributed by atoms with Crippen LogP contribution in [0.3, 0.4) is 0 Å².